The van der Waals surface area contributed by atoms with Crippen LogP contribution < -0.4 is 10.2 Å². The molecule has 0 amide bonds. The Bertz CT molecular complexity index is 1050. The Morgan fingerprint density at radius 2 is 1.88 bits per heavy atom. The van der Waals surface area contributed by atoms with Crippen LogP contribution in [0.3, 0.4) is 0 Å². The van der Waals surface area contributed by atoms with Crippen molar-refractivity contribution in [3.05, 3.63) is 53.8 Å². The first-order valence-electron chi connectivity index (χ1n) is 8.24. The van der Waals surface area contributed by atoms with Gasteiger partial charge in [-0.05, 0) is 43.3 Å². The smallest absolute Gasteiger partial charge is 0.206 e. The quantitative estimate of drug-likeness (QED) is 0.782. The van der Waals surface area contributed by atoms with Gasteiger partial charge in [-0.2, -0.15) is 0 Å². The van der Waals surface area contributed by atoms with Crippen molar-refractivity contribution in [2.45, 2.75) is 22.8 Å². The number of furan rings is 1. The number of hydrogen-bond donors (Lipinski definition) is 1. The second kappa shape index (κ2) is 5.89. The summed E-state index contributed by atoms with van der Waals surface area (Å²) in [7, 11) is 0.186. The molecular formula is C19H20N2O3S. The number of benzene rings is 2. The van der Waals surface area contributed by atoms with Gasteiger partial charge in [0.25, 0.3) is 0 Å². The first kappa shape index (κ1) is 16.2. The van der Waals surface area contributed by atoms with Gasteiger partial charge in [0, 0.05) is 36.8 Å². The van der Waals surface area contributed by atoms with E-state index in [9.17, 15) is 8.42 Å². The zero-order chi connectivity index (χ0) is 17.6. The maximum absolute atomic E-state index is 13.0. The molecular weight excluding hydrogens is 336 g/mol. The van der Waals surface area contributed by atoms with Crippen LogP contribution >= 0.6 is 0 Å². The Kier molecular flexibility index (Phi) is 3.81. The highest BCUT2D eigenvalue weighted by molar-refractivity contribution is 7.91. The van der Waals surface area contributed by atoms with Crippen molar-refractivity contribution in [3.8, 4) is 0 Å². The van der Waals surface area contributed by atoms with Gasteiger partial charge in [-0.25, -0.2) is 8.42 Å². The Labute approximate surface area is 147 Å². The van der Waals surface area contributed by atoms with Crippen LogP contribution in [0.25, 0.3) is 11.0 Å². The molecule has 0 radical (unpaired) electrons. The van der Waals surface area contributed by atoms with Crippen LogP contribution in [0, 0.1) is 0 Å². The average molecular weight is 356 g/mol. The number of fused-ring (bicyclic) bond motifs is 3. The molecule has 4 rings (SSSR count). The van der Waals surface area contributed by atoms with Gasteiger partial charge in [0.2, 0.25) is 9.84 Å². The maximum Gasteiger partial charge on any atom is 0.206 e. The summed E-state index contributed by atoms with van der Waals surface area (Å²) in [6, 6.07) is 12.2. The minimum atomic E-state index is -3.59. The van der Waals surface area contributed by atoms with E-state index in [1.165, 1.54) is 5.56 Å². The molecule has 2 aromatic carbocycles. The Morgan fingerprint density at radius 3 is 2.68 bits per heavy atom. The van der Waals surface area contributed by atoms with E-state index in [1.807, 2.05) is 31.1 Å². The van der Waals surface area contributed by atoms with E-state index in [4.69, 9.17) is 4.42 Å². The first-order valence-corrected chi connectivity index (χ1v) is 9.72. The van der Waals surface area contributed by atoms with Crippen molar-refractivity contribution in [3.63, 3.8) is 0 Å². The molecule has 1 aromatic heterocycles. The third-order valence-electron chi connectivity index (χ3n) is 4.64. The molecule has 0 saturated heterocycles. The molecule has 1 aliphatic rings. The van der Waals surface area contributed by atoms with Gasteiger partial charge in [0.05, 0.1) is 16.3 Å². The summed E-state index contributed by atoms with van der Waals surface area (Å²) in [5.41, 5.74) is 2.67. The number of anilines is 1. The van der Waals surface area contributed by atoms with Gasteiger partial charge in [-0.15, -0.1) is 0 Å². The topological polar surface area (TPSA) is 62.6 Å². The lowest BCUT2D eigenvalue weighted by Crippen LogP contribution is -2.22. The molecule has 5 nitrogen and oxygen atoms in total. The lowest BCUT2D eigenvalue weighted by Gasteiger charge is -2.13. The van der Waals surface area contributed by atoms with Crippen molar-refractivity contribution in [1.29, 1.82) is 0 Å². The molecule has 0 saturated carbocycles. The zero-order valence-electron chi connectivity index (χ0n) is 14.2. The molecule has 3 aromatic rings. The number of hydrogen-bond acceptors (Lipinski definition) is 5. The van der Waals surface area contributed by atoms with Gasteiger partial charge >= 0.3 is 0 Å². The van der Waals surface area contributed by atoms with E-state index in [0.717, 1.165) is 29.8 Å². The largest absolute Gasteiger partial charge is 0.459 e. The van der Waals surface area contributed by atoms with Gasteiger partial charge in [0.15, 0.2) is 0 Å². The second-order valence-corrected chi connectivity index (χ2v) is 8.43. The summed E-state index contributed by atoms with van der Waals surface area (Å²) < 4.78 is 31.9. The van der Waals surface area contributed by atoms with Crippen LogP contribution in [0.1, 0.15) is 11.3 Å². The molecule has 0 fully saturated rings. The van der Waals surface area contributed by atoms with Crippen LogP contribution in [0.15, 0.2) is 56.7 Å². The molecule has 0 aliphatic carbocycles. The average Bonchev–Trinajstić information content (AvgIpc) is 2.99. The molecule has 2 heterocycles. The molecule has 1 N–H and O–H groups in total. The van der Waals surface area contributed by atoms with E-state index >= 15 is 0 Å². The van der Waals surface area contributed by atoms with Crippen molar-refractivity contribution >= 4 is 26.5 Å². The fourth-order valence-electron chi connectivity index (χ4n) is 3.25. The minimum Gasteiger partial charge on any atom is -0.459 e. The van der Waals surface area contributed by atoms with Crippen molar-refractivity contribution < 1.29 is 12.8 Å². The van der Waals surface area contributed by atoms with Gasteiger partial charge in [0.1, 0.15) is 11.3 Å². The van der Waals surface area contributed by atoms with Crippen LogP contribution in [-0.4, -0.2) is 29.1 Å². The Balaban J connectivity index is 1.81. The second-order valence-electron chi connectivity index (χ2n) is 6.48. The molecule has 0 unspecified atom stereocenters. The first-order chi connectivity index (χ1) is 12.0. The summed E-state index contributed by atoms with van der Waals surface area (Å²) in [6.07, 6.45) is 0.902. The number of nitrogens with one attached hydrogen (secondary N) is 1. The van der Waals surface area contributed by atoms with Gasteiger partial charge in [-0.1, -0.05) is 6.07 Å². The van der Waals surface area contributed by atoms with Crippen LogP contribution in [0.4, 0.5) is 5.69 Å². The highest BCUT2D eigenvalue weighted by Crippen LogP contribution is 2.32. The monoisotopic (exact) mass is 356 g/mol. The van der Waals surface area contributed by atoms with Crippen LogP contribution in [0.2, 0.25) is 0 Å². The minimum absolute atomic E-state index is 0.259. The van der Waals surface area contributed by atoms with E-state index < -0.39 is 9.84 Å². The molecule has 0 spiro atoms. The highest BCUT2D eigenvalue weighted by Gasteiger charge is 2.22. The molecule has 1 aliphatic heterocycles. The Hall–Kier alpha value is -2.31. The summed E-state index contributed by atoms with van der Waals surface area (Å²) in [4.78, 5) is 2.43. The van der Waals surface area contributed by atoms with Crippen LogP contribution in [-0.2, 0) is 22.8 Å². The third-order valence-corrected chi connectivity index (χ3v) is 6.39. The molecule has 25 heavy (non-hydrogen) atoms. The lowest BCUT2D eigenvalue weighted by atomic mass is 10.1. The third kappa shape index (κ3) is 2.71. The summed E-state index contributed by atoms with van der Waals surface area (Å²) >= 11 is 0. The standard InChI is InChI=1S/C19H20N2O3S/c1-21(2)13-4-3-5-14(10-13)25(22,23)15-6-7-16-17-8-9-20-12-19(17)24-18(16)11-15/h3-7,10-11,20H,8-9,12H2,1-2H3. The summed E-state index contributed by atoms with van der Waals surface area (Å²) in [6.45, 7) is 1.61. The van der Waals surface area contributed by atoms with Crippen LogP contribution in [0.5, 0.6) is 0 Å². The van der Waals surface area contributed by atoms with Gasteiger partial charge in [-0.3, -0.25) is 0 Å². The SMILES string of the molecule is CN(C)c1cccc(S(=O)(=O)c2ccc3c4c(oc3c2)CNCC4)c1. The fourth-order valence-corrected chi connectivity index (χ4v) is 4.56. The molecule has 0 bridgehead atoms. The number of rotatable bonds is 3. The Morgan fingerprint density at radius 1 is 1.08 bits per heavy atom. The number of nitrogens with zero attached hydrogens (tertiary/aromatic N) is 1. The van der Waals surface area contributed by atoms with E-state index in [-0.39, 0.29) is 9.79 Å². The van der Waals surface area contributed by atoms with E-state index in [1.54, 1.807) is 30.3 Å². The maximum atomic E-state index is 13.0. The molecule has 6 heteroatoms. The zero-order valence-corrected chi connectivity index (χ0v) is 15.1. The number of sulfone groups is 1. The summed E-state index contributed by atoms with van der Waals surface area (Å²) in [5, 5.41) is 4.28. The summed E-state index contributed by atoms with van der Waals surface area (Å²) in [5.74, 6) is 0.908. The predicted octanol–water partition coefficient (Wildman–Crippen LogP) is 2.98. The van der Waals surface area contributed by atoms with E-state index in [0.29, 0.717) is 12.1 Å². The van der Waals surface area contributed by atoms with Crippen molar-refractivity contribution in [2.24, 2.45) is 0 Å². The highest BCUT2D eigenvalue weighted by atomic mass is 32.2. The fraction of sp³-hybridized carbons (Fsp3) is 0.263. The lowest BCUT2D eigenvalue weighted by molar-refractivity contribution is 0.487. The van der Waals surface area contributed by atoms with E-state index in [2.05, 4.69) is 5.32 Å². The molecule has 130 valence electrons. The molecule has 0 atom stereocenters. The van der Waals surface area contributed by atoms with Crippen molar-refractivity contribution in [2.75, 3.05) is 25.5 Å². The van der Waals surface area contributed by atoms with Gasteiger partial charge < -0.3 is 14.6 Å². The van der Waals surface area contributed by atoms with Crippen molar-refractivity contribution in [1.82, 2.24) is 5.32 Å². The predicted molar refractivity (Wildman–Crippen MR) is 97.8 cm³/mol. The normalized spacial score (nSPS) is 14.5.